The van der Waals surface area contributed by atoms with E-state index in [1.807, 2.05) is 0 Å². The normalized spacial score (nSPS) is 28.3. The van der Waals surface area contributed by atoms with Crippen LogP contribution in [0.3, 0.4) is 0 Å². The van der Waals surface area contributed by atoms with Gasteiger partial charge in [0, 0.05) is 12.5 Å². The highest BCUT2D eigenvalue weighted by Crippen LogP contribution is 2.39. The molecule has 3 aliphatic rings. The molecule has 3 aliphatic heterocycles. The summed E-state index contributed by atoms with van der Waals surface area (Å²) in [4.78, 5) is 0. The van der Waals surface area contributed by atoms with Gasteiger partial charge in [0.2, 0.25) is 0 Å². The lowest BCUT2D eigenvalue weighted by molar-refractivity contribution is 0.0825. The van der Waals surface area contributed by atoms with E-state index >= 15 is 0 Å². The third-order valence-corrected chi connectivity index (χ3v) is 5.94. The fourth-order valence-corrected chi connectivity index (χ4v) is 4.52. The van der Waals surface area contributed by atoms with Crippen LogP contribution in [0.5, 0.6) is 5.75 Å². The number of hydrogen-bond acceptors (Lipinski definition) is 3. The average molecular weight is 335 g/mol. The SMILES string of the molecule is C1=C(c2ccc3ccc(OC[C@H]4C[C@@H]5CC[C@H]4O5)cc3c2)CCNC1. The number of hydrogen-bond donors (Lipinski definition) is 1. The minimum atomic E-state index is 0.434. The standard InChI is InChI=1S/C22H25NO2/c1-2-17(16-7-9-23-10-8-16)11-18-12-20(4-3-15(1)18)24-14-19-13-21-5-6-22(19)25-21/h1-4,7,11-12,19,21-23H,5-6,8-10,13-14H2/t19-,21+,22-/m1/s1. The van der Waals surface area contributed by atoms with Crippen molar-refractivity contribution in [3.63, 3.8) is 0 Å². The van der Waals surface area contributed by atoms with Crippen molar-refractivity contribution in [2.45, 2.75) is 37.9 Å². The van der Waals surface area contributed by atoms with Gasteiger partial charge in [0.05, 0.1) is 18.8 Å². The Hall–Kier alpha value is -1.84. The maximum atomic E-state index is 6.13. The fourth-order valence-electron chi connectivity index (χ4n) is 4.52. The van der Waals surface area contributed by atoms with Gasteiger partial charge < -0.3 is 14.8 Å². The van der Waals surface area contributed by atoms with Gasteiger partial charge in [0.15, 0.2) is 0 Å². The average Bonchev–Trinajstić information content (AvgIpc) is 3.30. The Balaban J connectivity index is 1.34. The van der Waals surface area contributed by atoms with Gasteiger partial charge in [-0.05, 0) is 72.3 Å². The molecule has 3 atom stereocenters. The maximum absolute atomic E-state index is 6.13. The molecule has 0 amide bonds. The number of nitrogens with one attached hydrogen (secondary N) is 1. The molecule has 0 saturated carbocycles. The Labute approximate surface area is 149 Å². The smallest absolute Gasteiger partial charge is 0.119 e. The minimum Gasteiger partial charge on any atom is -0.493 e. The summed E-state index contributed by atoms with van der Waals surface area (Å²) in [5.41, 5.74) is 2.79. The molecule has 3 nitrogen and oxygen atoms in total. The molecule has 0 aromatic heterocycles. The highest BCUT2D eigenvalue weighted by Gasteiger charge is 2.40. The summed E-state index contributed by atoms with van der Waals surface area (Å²) in [7, 11) is 0. The summed E-state index contributed by atoms with van der Waals surface area (Å²) in [5.74, 6) is 1.55. The number of rotatable bonds is 4. The lowest BCUT2D eigenvalue weighted by Crippen LogP contribution is -2.23. The van der Waals surface area contributed by atoms with Gasteiger partial charge in [-0.2, -0.15) is 0 Å². The summed E-state index contributed by atoms with van der Waals surface area (Å²) in [6.07, 6.45) is 7.96. The second kappa shape index (κ2) is 6.47. The quantitative estimate of drug-likeness (QED) is 0.910. The molecule has 0 unspecified atom stereocenters. The predicted molar refractivity (Wildman–Crippen MR) is 101 cm³/mol. The molecule has 25 heavy (non-hydrogen) atoms. The van der Waals surface area contributed by atoms with Crippen LogP contribution in [0.25, 0.3) is 16.3 Å². The van der Waals surface area contributed by atoms with E-state index in [-0.39, 0.29) is 0 Å². The Morgan fingerprint density at radius 1 is 1.08 bits per heavy atom. The number of fused-ring (bicyclic) bond motifs is 3. The predicted octanol–water partition coefficient (Wildman–Crippen LogP) is 4.16. The van der Waals surface area contributed by atoms with Crippen molar-refractivity contribution in [2.75, 3.05) is 19.7 Å². The van der Waals surface area contributed by atoms with Crippen molar-refractivity contribution in [1.29, 1.82) is 0 Å². The van der Waals surface area contributed by atoms with E-state index in [4.69, 9.17) is 9.47 Å². The van der Waals surface area contributed by atoms with E-state index < -0.39 is 0 Å². The van der Waals surface area contributed by atoms with Crippen molar-refractivity contribution >= 4 is 16.3 Å². The summed E-state index contributed by atoms with van der Waals surface area (Å²) >= 11 is 0. The summed E-state index contributed by atoms with van der Waals surface area (Å²) < 4.78 is 12.1. The molecule has 5 rings (SSSR count). The maximum Gasteiger partial charge on any atom is 0.119 e. The zero-order chi connectivity index (χ0) is 16.6. The van der Waals surface area contributed by atoms with Gasteiger partial charge in [-0.25, -0.2) is 0 Å². The van der Waals surface area contributed by atoms with Crippen LogP contribution in [0, 0.1) is 5.92 Å². The van der Waals surface area contributed by atoms with Gasteiger partial charge in [0.1, 0.15) is 5.75 Å². The van der Waals surface area contributed by atoms with Crippen molar-refractivity contribution in [1.82, 2.24) is 5.32 Å². The van der Waals surface area contributed by atoms with Crippen molar-refractivity contribution in [2.24, 2.45) is 5.92 Å². The van der Waals surface area contributed by atoms with Crippen LogP contribution in [0.15, 0.2) is 42.5 Å². The molecular formula is C22H25NO2. The van der Waals surface area contributed by atoms with Crippen molar-refractivity contribution in [3.8, 4) is 5.75 Å². The molecule has 130 valence electrons. The Morgan fingerprint density at radius 2 is 2.04 bits per heavy atom. The molecular weight excluding hydrogens is 310 g/mol. The van der Waals surface area contributed by atoms with E-state index in [2.05, 4.69) is 47.8 Å². The van der Waals surface area contributed by atoms with Gasteiger partial charge in [0.25, 0.3) is 0 Å². The first-order valence-electron chi connectivity index (χ1n) is 9.57. The molecule has 2 fully saturated rings. The molecule has 0 spiro atoms. The zero-order valence-corrected chi connectivity index (χ0v) is 14.5. The number of benzene rings is 2. The first-order chi connectivity index (χ1) is 12.3. The van der Waals surface area contributed by atoms with E-state index in [9.17, 15) is 0 Å². The molecule has 0 aliphatic carbocycles. The van der Waals surface area contributed by atoms with E-state index in [1.165, 1.54) is 41.2 Å². The van der Waals surface area contributed by atoms with Crippen LogP contribution in [-0.4, -0.2) is 31.9 Å². The van der Waals surface area contributed by atoms with E-state index in [1.54, 1.807) is 0 Å². The molecule has 1 N–H and O–H groups in total. The Kier molecular flexibility index (Phi) is 3.99. The van der Waals surface area contributed by atoms with Crippen LogP contribution in [0.2, 0.25) is 0 Å². The molecule has 0 radical (unpaired) electrons. The van der Waals surface area contributed by atoms with Gasteiger partial charge in [-0.15, -0.1) is 0 Å². The first kappa shape index (κ1) is 15.4. The second-order valence-corrected chi connectivity index (χ2v) is 7.59. The van der Waals surface area contributed by atoms with Crippen LogP contribution in [-0.2, 0) is 4.74 Å². The molecule has 2 aromatic carbocycles. The molecule has 3 heteroatoms. The Bertz CT molecular complexity index is 813. The van der Waals surface area contributed by atoms with Gasteiger partial charge >= 0.3 is 0 Å². The largest absolute Gasteiger partial charge is 0.493 e. The van der Waals surface area contributed by atoms with Crippen LogP contribution in [0.1, 0.15) is 31.2 Å². The van der Waals surface area contributed by atoms with Gasteiger partial charge in [-0.1, -0.05) is 24.3 Å². The Morgan fingerprint density at radius 3 is 2.84 bits per heavy atom. The lowest BCUT2D eigenvalue weighted by Gasteiger charge is -2.19. The van der Waals surface area contributed by atoms with Crippen LogP contribution >= 0.6 is 0 Å². The van der Waals surface area contributed by atoms with Crippen molar-refractivity contribution in [3.05, 3.63) is 48.0 Å². The van der Waals surface area contributed by atoms with E-state index in [0.717, 1.165) is 31.9 Å². The molecule has 2 saturated heterocycles. The molecule has 3 heterocycles. The fraction of sp³-hybridized carbons (Fsp3) is 0.455. The second-order valence-electron chi connectivity index (χ2n) is 7.59. The zero-order valence-electron chi connectivity index (χ0n) is 14.5. The number of ether oxygens (including phenoxy) is 2. The van der Waals surface area contributed by atoms with Gasteiger partial charge in [-0.3, -0.25) is 0 Å². The summed E-state index contributed by atoms with van der Waals surface area (Å²) in [6.45, 7) is 2.82. The lowest BCUT2D eigenvalue weighted by atomic mass is 9.90. The third kappa shape index (κ3) is 3.07. The summed E-state index contributed by atoms with van der Waals surface area (Å²) in [5, 5.41) is 5.91. The minimum absolute atomic E-state index is 0.434. The molecule has 2 bridgehead atoms. The monoisotopic (exact) mass is 335 g/mol. The van der Waals surface area contributed by atoms with Crippen LogP contribution in [0.4, 0.5) is 0 Å². The van der Waals surface area contributed by atoms with E-state index in [0.29, 0.717) is 18.1 Å². The summed E-state index contributed by atoms with van der Waals surface area (Å²) in [6, 6.07) is 13.2. The molecule has 2 aromatic rings. The van der Waals surface area contributed by atoms with Crippen LogP contribution < -0.4 is 10.1 Å². The topological polar surface area (TPSA) is 30.5 Å². The first-order valence-corrected chi connectivity index (χ1v) is 9.57. The van der Waals surface area contributed by atoms with Crippen molar-refractivity contribution < 1.29 is 9.47 Å². The third-order valence-electron chi connectivity index (χ3n) is 5.94. The highest BCUT2D eigenvalue weighted by atomic mass is 16.5. The highest BCUT2D eigenvalue weighted by molar-refractivity contribution is 5.87.